The summed E-state index contributed by atoms with van der Waals surface area (Å²) in [6, 6.07) is 6.25. The van der Waals surface area contributed by atoms with Crippen molar-refractivity contribution in [1.29, 1.82) is 0 Å². The molecule has 1 N–H and O–H groups in total. The quantitative estimate of drug-likeness (QED) is 0.760. The van der Waals surface area contributed by atoms with Crippen molar-refractivity contribution in [3.8, 4) is 0 Å². The molecule has 2 rings (SSSR count). The number of carbonyl (C=O) groups is 1. The molecule has 0 fully saturated rings. The summed E-state index contributed by atoms with van der Waals surface area (Å²) in [5, 5.41) is 11.8. The third kappa shape index (κ3) is 4.38. The minimum atomic E-state index is -0.0133. The molecule has 0 aliphatic carbocycles. The van der Waals surface area contributed by atoms with Gasteiger partial charge in [-0.15, -0.1) is 10.2 Å². The Morgan fingerprint density at radius 1 is 1.21 bits per heavy atom. The molecule has 0 aliphatic rings. The van der Waals surface area contributed by atoms with Gasteiger partial charge in [-0.2, -0.15) is 0 Å². The van der Waals surface area contributed by atoms with Crippen LogP contribution in [-0.2, 0) is 11.3 Å². The number of aryl methyl sites for hydroxylation is 1. The van der Waals surface area contributed by atoms with E-state index >= 15 is 0 Å². The van der Waals surface area contributed by atoms with E-state index in [-0.39, 0.29) is 5.91 Å². The Balaban J connectivity index is 2.13. The third-order valence-corrected chi connectivity index (χ3v) is 4.87. The molecule has 0 spiro atoms. The number of nitrogens with one attached hydrogen (secondary N) is 1. The predicted molar refractivity (Wildman–Crippen MR) is 99.7 cm³/mol. The molecule has 1 heterocycles. The van der Waals surface area contributed by atoms with Crippen LogP contribution in [0.4, 0.5) is 5.69 Å². The van der Waals surface area contributed by atoms with E-state index in [0.29, 0.717) is 17.6 Å². The monoisotopic (exact) mass is 346 g/mol. The van der Waals surface area contributed by atoms with E-state index in [4.69, 9.17) is 0 Å². The van der Waals surface area contributed by atoms with Gasteiger partial charge in [0.15, 0.2) is 5.16 Å². The molecule has 6 heteroatoms. The number of para-hydroxylation sites is 1. The van der Waals surface area contributed by atoms with Gasteiger partial charge >= 0.3 is 0 Å². The van der Waals surface area contributed by atoms with E-state index in [0.717, 1.165) is 17.4 Å². The lowest BCUT2D eigenvalue weighted by molar-refractivity contribution is -0.113. The molecule has 1 aromatic heterocycles. The van der Waals surface area contributed by atoms with E-state index in [9.17, 15) is 4.79 Å². The van der Waals surface area contributed by atoms with Crippen LogP contribution in [0.15, 0.2) is 29.7 Å². The van der Waals surface area contributed by atoms with Crippen molar-refractivity contribution in [3.63, 3.8) is 0 Å². The van der Waals surface area contributed by atoms with E-state index in [1.807, 2.05) is 11.5 Å². The standard InChI is InChI=1S/C18H26N4OS/c1-6-22-11-19-21-18(22)24-10-16(23)20-17-14(12(2)3)8-7-9-15(17)13(4)5/h7-9,11-13H,6,10H2,1-5H3,(H,20,23). The Hall–Kier alpha value is -1.82. The number of aromatic nitrogens is 3. The number of rotatable bonds is 7. The summed E-state index contributed by atoms with van der Waals surface area (Å²) < 4.78 is 1.93. The van der Waals surface area contributed by atoms with Crippen LogP contribution in [0.5, 0.6) is 0 Å². The van der Waals surface area contributed by atoms with Gasteiger partial charge in [0.1, 0.15) is 6.33 Å². The third-order valence-electron chi connectivity index (χ3n) is 3.89. The predicted octanol–water partition coefficient (Wildman–Crippen LogP) is 4.28. The first-order chi connectivity index (χ1) is 11.4. The second kappa shape index (κ2) is 8.33. The van der Waals surface area contributed by atoms with Crippen LogP contribution in [0, 0.1) is 0 Å². The molecular formula is C18H26N4OS. The maximum Gasteiger partial charge on any atom is 0.234 e. The number of carbonyl (C=O) groups excluding carboxylic acids is 1. The van der Waals surface area contributed by atoms with Gasteiger partial charge in [-0.05, 0) is 29.9 Å². The van der Waals surface area contributed by atoms with Crippen LogP contribution in [0.2, 0.25) is 0 Å². The molecular weight excluding hydrogens is 320 g/mol. The molecule has 0 atom stereocenters. The highest BCUT2D eigenvalue weighted by Gasteiger charge is 2.16. The number of anilines is 1. The summed E-state index contributed by atoms with van der Waals surface area (Å²) in [6.07, 6.45) is 1.69. The van der Waals surface area contributed by atoms with Crippen LogP contribution in [0.3, 0.4) is 0 Å². The van der Waals surface area contributed by atoms with Gasteiger partial charge in [0, 0.05) is 12.2 Å². The van der Waals surface area contributed by atoms with Gasteiger partial charge in [-0.25, -0.2) is 0 Å². The van der Waals surface area contributed by atoms with Gasteiger partial charge in [0.25, 0.3) is 0 Å². The summed E-state index contributed by atoms with van der Waals surface area (Å²) in [5.41, 5.74) is 3.32. The number of benzene rings is 1. The SMILES string of the molecule is CCn1cnnc1SCC(=O)Nc1c(C(C)C)cccc1C(C)C. The zero-order valence-corrected chi connectivity index (χ0v) is 15.9. The average Bonchev–Trinajstić information content (AvgIpc) is 3.00. The van der Waals surface area contributed by atoms with Crippen molar-refractivity contribution in [2.24, 2.45) is 0 Å². The van der Waals surface area contributed by atoms with Crippen molar-refractivity contribution in [1.82, 2.24) is 14.8 Å². The van der Waals surface area contributed by atoms with Crippen molar-refractivity contribution in [2.45, 2.75) is 58.2 Å². The second-order valence-electron chi connectivity index (χ2n) is 6.36. The Bertz CT molecular complexity index is 668. The highest BCUT2D eigenvalue weighted by Crippen LogP contribution is 2.32. The van der Waals surface area contributed by atoms with Crippen LogP contribution in [0.1, 0.15) is 57.6 Å². The lowest BCUT2D eigenvalue weighted by Crippen LogP contribution is -2.18. The Morgan fingerprint density at radius 3 is 2.38 bits per heavy atom. The van der Waals surface area contributed by atoms with E-state index < -0.39 is 0 Å². The fraction of sp³-hybridized carbons (Fsp3) is 0.500. The zero-order chi connectivity index (χ0) is 17.7. The van der Waals surface area contributed by atoms with Gasteiger partial charge < -0.3 is 9.88 Å². The van der Waals surface area contributed by atoms with Crippen LogP contribution in [0.25, 0.3) is 0 Å². The molecule has 130 valence electrons. The molecule has 2 aromatic rings. The molecule has 1 aromatic carbocycles. The smallest absolute Gasteiger partial charge is 0.234 e. The molecule has 1 amide bonds. The van der Waals surface area contributed by atoms with Crippen molar-refractivity contribution >= 4 is 23.4 Å². The number of amides is 1. The van der Waals surface area contributed by atoms with Gasteiger partial charge in [0.2, 0.25) is 5.91 Å². The van der Waals surface area contributed by atoms with Crippen molar-refractivity contribution in [2.75, 3.05) is 11.1 Å². The lowest BCUT2D eigenvalue weighted by atomic mass is 9.92. The highest BCUT2D eigenvalue weighted by molar-refractivity contribution is 7.99. The number of hydrogen-bond acceptors (Lipinski definition) is 4. The van der Waals surface area contributed by atoms with E-state index in [1.165, 1.54) is 22.9 Å². The zero-order valence-electron chi connectivity index (χ0n) is 15.0. The van der Waals surface area contributed by atoms with Gasteiger partial charge in [-0.3, -0.25) is 4.79 Å². The first-order valence-electron chi connectivity index (χ1n) is 8.37. The van der Waals surface area contributed by atoms with E-state index in [1.54, 1.807) is 6.33 Å². The first kappa shape index (κ1) is 18.5. The summed E-state index contributed by atoms with van der Waals surface area (Å²) >= 11 is 1.41. The molecule has 0 unspecified atom stereocenters. The largest absolute Gasteiger partial charge is 0.325 e. The fourth-order valence-electron chi connectivity index (χ4n) is 2.57. The van der Waals surface area contributed by atoms with Crippen molar-refractivity contribution < 1.29 is 4.79 Å². The Labute approximate surface area is 148 Å². The minimum absolute atomic E-state index is 0.0133. The Kier molecular flexibility index (Phi) is 6.43. The maximum absolute atomic E-state index is 12.5. The maximum atomic E-state index is 12.5. The minimum Gasteiger partial charge on any atom is -0.325 e. The lowest BCUT2D eigenvalue weighted by Gasteiger charge is -2.20. The summed E-state index contributed by atoms with van der Waals surface area (Å²) in [6.45, 7) is 11.4. The molecule has 0 radical (unpaired) electrons. The van der Waals surface area contributed by atoms with Crippen LogP contribution < -0.4 is 5.32 Å². The average molecular weight is 347 g/mol. The van der Waals surface area contributed by atoms with Gasteiger partial charge in [0.05, 0.1) is 5.75 Å². The number of thioether (sulfide) groups is 1. The summed E-state index contributed by atoms with van der Waals surface area (Å²) in [5.74, 6) is 1.02. The number of nitrogens with zero attached hydrogens (tertiary/aromatic N) is 3. The highest BCUT2D eigenvalue weighted by atomic mass is 32.2. The van der Waals surface area contributed by atoms with Gasteiger partial charge in [-0.1, -0.05) is 57.7 Å². The molecule has 24 heavy (non-hydrogen) atoms. The Morgan fingerprint density at radius 2 is 1.83 bits per heavy atom. The molecule has 5 nitrogen and oxygen atoms in total. The fourth-order valence-corrected chi connectivity index (χ4v) is 3.35. The van der Waals surface area contributed by atoms with Crippen LogP contribution in [-0.4, -0.2) is 26.4 Å². The normalized spacial score (nSPS) is 11.3. The molecule has 0 bridgehead atoms. The van der Waals surface area contributed by atoms with E-state index in [2.05, 4.69) is 61.4 Å². The molecule has 0 aliphatic heterocycles. The second-order valence-corrected chi connectivity index (χ2v) is 7.30. The molecule has 0 saturated carbocycles. The summed E-state index contributed by atoms with van der Waals surface area (Å²) in [4.78, 5) is 12.5. The summed E-state index contributed by atoms with van der Waals surface area (Å²) in [7, 11) is 0. The van der Waals surface area contributed by atoms with Crippen molar-refractivity contribution in [3.05, 3.63) is 35.7 Å². The van der Waals surface area contributed by atoms with Crippen LogP contribution >= 0.6 is 11.8 Å². The molecule has 0 saturated heterocycles. The number of hydrogen-bond donors (Lipinski definition) is 1. The topological polar surface area (TPSA) is 59.8 Å². The first-order valence-corrected chi connectivity index (χ1v) is 9.35.